The first-order chi connectivity index (χ1) is 14.0. The molecule has 0 saturated carbocycles. The molecular weight excluding hydrogens is 407 g/mol. The first-order valence-corrected chi connectivity index (χ1v) is 10.4. The number of hydrazine groups is 1. The molecule has 7 heteroatoms. The average Bonchev–Trinajstić information content (AvgIpc) is 3.07. The van der Waals surface area contributed by atoms with Gasteiger partial charge in [-0.3, -0.25) is 20.2 Å². The van der Waals surface area contributed by atoms with Crippen molar-refractivity contribution in [2.75, 3.05) is 11.6 Å². The monoisotopic (exact) mass is 428 g/mol. The minimum atomic E-state index is -0.197. The summed E-state index contributed by atoms with van der Waals surface area (Å²) in [6.07, 6.45) is 6.00. The topological polar surface area (TPSA) is 47.9 Å². The largest absolute Gasteiger partial charge is 0.293 e. The summed E-state index contributed by atoms with van der Waals surface area (Å²) in [4.78, 5) is 13.0. The van der Waals surface area contributed by atoms with Crippen molar-refractivity contribution in [1.29, 1.82) is 0 Å². The van der Waals surface area contributed by atoms with Gasteiger partial charge in [-0.25, -0.2) is 0 Å². The zero-order chi connectivity index (χ0) is 20.4. The van der Waals surface area contributed by atoms with Gasteiger partial charge in [0.2, 0.25) is 0 Å². The number of anilines is 1. The first-order valence-electron chi connectivity index (χ1n) is 9.66. The molecule has 0 unspecified atom stereocenters. The predicted molar refractivity (Wildman–Crippen MR) is 118 cm³/mol. The van der Waals surface area contributed by atoms with Crippen LogP contribution in [0.1, 0.15) is 31.4 Å². The van der Waals surface area contributed by atoms with Gasteiger partial charge in [0.25, 0.3) is 5.91 Å². The number of allylic oxidation sites excluding steroid dienone is 1. The zero-order valence-electron chi connectivity index (χ0n) is 16.1. The number of hydrazone groups is 1. The third-order valence-corrected chi connectivity index (χ3v) is 5.80. The van der Waals surface area contributed by atoms with Crippen molar-refractivity contribution in [3.05, 3.63) is 76.4 Å². The van der Waals surface area contributed by atoms with E-state index in [9.17, 15) is 4.79 Å². The van der Waals surface area contributed by atoms with E-state index in [1.54, 1.807) is 0 Å². The third kappa shape index (κ3) is 4.11. The van der Waals surface area contributed by atoms with Gasteiger partial charge in [0, 0.05) is 23.7 Å². The molecule has 0 radical (unpaired) electrons. The van der Waals surface area contributed by atoms with Crippen molar-refractivity contribution in [2.24, 2.45) is 11.0 Å². The summed E-state index contributed by atoms with van der Waals surface area (Å²) in [5, 5.41) is 9.63. The van der Waals surface area contributed by atoms with Crippen molar-refractivity contribution < 1.29 is 4.79 Å². The number of rotatable bonds is 4. The van der Waals surface area contributed by atoms with E-state index in [0.717, 1.165) is 30.6 Å². The van der Waals surface area contributed by atoms with Crippen LogP contribution >= 0.6 is 23.2 Å². The highest BCUT2D eigenvalue weighted by Gasteiger charge is 2.40. The second-order valence-electron chi connectivity index (χ2n) is 7.23. The highest BCUT2D eigenvalue weighted by molar-refractivity contribution is 6.40. The quantitative estimate of drug-likeness (QED) is 0.728. The predicted octanol–water partition coefficient (Wildman–Crippen LogP) is 5.19. The van der Waals surface area contributed by atoms with Crippen LogP contribution in [0.25, 0.3) is 0 Å². The van der Waals surface area contributed by atoms with E-state index in [2.05, 4.69) is 11.5 Å². The van der Waals surface area contributed by atoms with Gasteiger partial charge in [-0.05, 0) is 42.7 Å². The summed E-state index contributed by atoms with van der Waals surface area (Å²) in [5.74, 6) is -0.334. The Morgan fingerprint density at radius 1 is 1.14 bits per heavy atom. The molecule has 0 spiro atoms. The Kier molecular flexibility index (Phi) is 5.79. The van der Waals surface area contributed by atoms with E-state index in [4.69, 9.17) is 28.3 Å². The molecule has 2 aromatic carbocycles. The first kappa shape index (κ1) is 19.8. The van der Waals surface area contributed by atoms with Crippen LogP contribution in [0, 0.1) is 5.92 Å². The van der Waals surface area contributed by atoms with Gasteiger partial charge < -0.3 is 0 Å². The van der Waals surface area contributed by atoms with Crippen LogP contribution in [0.3, 0.4) is 0 Å². The maximum absolute atomic E-state index is 13.0. The Morgan fingerprint density at radius 3 is 2.59 bits per heavy atom. The van der Waals surface area contributed by atoms with Gasteiger partial charge >= 0.3 is 0 Å². The fourth-order valence-corrected chi connectivity index (χ4v) is 4.10. The molecule has 0 bridgehead atoms. The van der Waals surface area contributed by atoms with E-state index in [1.165, 1.54) is 0 Å². The molecule has 29 heavy (non-hydrogen) atoms. The molecule has 1 amide bonds. The van der Waals surface area contributed by atoms with Crippen LogP contribution in [-0.4, -0.2) is 23.2 Å². The highest BCUT2D eigenvalue weighted by atomic mass is 35.5. The molecule has 2 aromatic rings. The van der Waals surface area contributed by atoms with E-state index >= 15 is 0 Å². The number of amides is 1. The summed E-state index contributed by atoms with van der Waals surface area (Å²) in [6.45, 7) is 2.80. The molecule has 0 saturated heterocycles. The SMILES string of the molecule is C[C@H]1C(C(=O)NN2C=CCCC2)=NN(c2ccccc2Cl)[C@H]1c1ccc(Cl)cc1. The second kappa shape index (κ2) is 8.47. The Bertz CT molecular complexity index is 958. The Labute approximate surface area is 180 Å². The molecule has 0 aromatic heterocycles. The number of para-hydroxylation sites is 1. The van der Waals surface area contributed by atoms with Gasteiger partial charge in [-0.2, -0.15) is 5.10 Å². The number of benzene rings is 2. The summed E-state index contributed by atoms with van der Waals surface area (Å²) in [7, 11) is 0. The lowest BCUT2D eigenvalue weighted by atomic mass is 9.91. The van der Waals surface area contributed by atoms with Gasteiger partial charge in [0.1, 0.15) is 5.71 Å². The summed E-state index contributed by atoms with van der Waals surface area (Å²) in [5.41, 5.74) is 5.22. The zero-order valence-corrected chi connectivity index (χ0v) is 17.6. The average molecular weight is 429 g/mol. The van der Waals surface area contributed by atoms with E-state index in [1.807, 2.05) is 71.7 Å². The lowest BCUT2D eigenvalue weighted by molar-refractivity contribution is -0.118. The van der Waals surface area contributed by atoms with Gasteiger partial charge in [-0.15, -0.1) is 0 Å². The minimum Gasteiger partial charge on any atom is -0.293 e. The van der Waals surface area contributed by atoms with Crippen LogP contribution < -0.4 is 10.4 Å². The fourth-order valence-electron chi connectivity index (χ4n) is 3.75. The summed E-state index contributed by atoms with van der Waals surface area (Å²) in [6, 6.07) is 15.0. The molecule has 2 atom stereocenters. The molecule has 0 aliphatic carbocycles. The normalized spacial score (nSPS) is 21.3. The van der Waals surface area contributed by atoms with Crippen molar-refractivity contribution in [3.8, 4) is 0 Å². The smallest absolute Gasteiger partial charge is 0.286 e. The minimum absolute atomic E-state index is 0.138. The van der Waals surface area contributed by atoms with Crippen LogP contribution in [0.15, 0.2) is 65.9 Å². The maximum Gasteiger partial charge on any atom is 0.286 e. The molecule has 2 aliphatic heterocycles. The van der Waals surface area contributed by atoms with Crippen molar-refractivity contribution >= 4 is 40.5 Å². The lowest BCUT2D eigenvalue weighted by Gasteiger charge is -2.28. The van der Waals surface area contributed by atoms with E-state index in [0.29, 0.717) is 15.8 Å². The molecule has 0 fully saturated rings. The molecule has 5 nitrogen and oxygen atoms in total. The Morgan fingerprint density at radius 2 is 1.90 bits per heavy atom. The van der Waals surface area contributed by atoms with E-state index in [-0.39, 0.29) is 17.9 Å². The highest BCUT2D eigenvalue weighted by Crippen LogP contribution is 2.41. The Balaban J connectivity index is 1.68. The standard InChI is InChI=1S/C22H22Cl2N4O/c1-15-20(22(29)26-27-13-5-2-6-14-27)25-28(19-8-4-3-7-18(19)24)21(15)16-9-11-17(23)12-10-16/h3-5,7-13,15,21H,2,6,14H2,1H3,(H,26,29)/t15-,21+/m0/s1. The molecule has 1 N–H and O–H groups in total. The fraction of sp³-hybridized carbons (Fsp3) is 0.273. The number of carbonyl (C=O) groups is 1. The van der Waals surface area contributed by atoms with Crippen LogP contribution in [0.4, 0.5) is 5.69 Å². The maximum atomic E-state index is 13.0. The van der Waals surface area contributed by atoms with Crippen molar-refractivity contribution in [2.45, 2.75) is 25.8 Å². The number of carbonyl (C=O) groups excluding carboxylic acids is 1. The summed E-state index contributed by atoms with van der Waals surface area (Å²) < 4.78 is 0. The van der Waals surface area contributed by atoms with Gasteiger partial charge in [-0.1, -0.05) is 60.5 Å². The van der Waals surface area contributed by atoms with Gasteiger partial charge in [0.15, 0.2) is 0 Å². The lowest BCUT2D eigenvalue weighted by Crippen LogP contribution is -2.44. The molecule has 4 rings (SSSR count). The number of hydrogen-bond acceptors (Lipinski definition) is 4. The number of hydrogen-bond donors (Lipinski definition) is 1. The molecule has 2 heterocycles. The van der Waals surface area contributed by atoms with Crippen LogP contribution in [0.2, 0.25) is 10.0 Å². The van der Waals surface area contributed by atoms with Crippen LogP contribution in [-0.2, 0) is 4.79 Å². The third-order valence-electron chi connectivity index (χ3n) is 5.23. The molecule has 150 valence electrons. The van der Waals surface area contributed by atoms with Gasteiger partial charge in [0.05, 0.1) is 16.8 Å². The Hall–Kier alpha value is -2.50. The van der Waals surface area contributed by atoms with Crippen molar-refractivity contribution in [1.82, 2.24) is 10.4 Å². The van der Waals surface area contributed by atoms with E-state index < -0.39 is 0 Å². The second-order valence-corrected chi connectivity index (χ2v) is 8.07. The number of halogens is 2. The number of nitrogens with zero attached hydrogens (tertiary/aromatic N) is 3. The molecule has 2 aliphatic rings. The van der Waals surface area contributed by atoms with Crippen LogP contribution in [0.5, 0.6) is 0 Å². The number of nitrogens with one attached hydrogen (secondary N) is 1. The van der Waals surface area contributed by atoms with Crippen molar-refractivity contribution in [3.63, 3.8) is 0 Å². The molecular formula is C22H22Cl2N4O. The summed E-state index contributed by atoms with van der Waals surface area (Å²) >= 11 is 12.5.